The molecule has 0 spiro atoms. The molecule has 1 saturated carbocycles. The number of carbonyl (C=O) groups is 1. The van der Waals surface area contributed by atoms with Crippen LogP contribution in [0.1, 0.15) is 41.7 Å². The van der Waals surface area contributed by atoms with Crippen molar-refractivity contribution < 1.29 is 35.2 Å². The lowest BCUT2D eigenvalue weighted by molar-refractivity contribution is -0.188. The number of aryl methyl sites for hydroxylation is 1. The Labute approximate surface area is 179 Å². The number of aromatic nitrogens is 1. The van der Waals surface area contributed by atoms with Crippen molar-refractivity contribution in [3.8, 4) is 6.07 Å². The molecule has 0 bridgehead atoms. The van der Waals surface area contributed by atoms with Crippen LogP contribution >= 0.6 is 0 Å². The lowest BCUT2D eigenvalue weighted by atomic mass is 9.99. The zero-order chi connectivity index (χ0) is 23.9. The van der Waals surface area contributed by atoms with Crippen LogP contribution in [0.2, 0.25) is 0 Å². The number of rotatable bonds is 5. The first-order valence-electron chi connectivity index (χ1n) is 9.28. The Bertz CT molecular complexity index is 1210. The molecule has 1 heterocycles. The number of benzene rings is 1. The molecule has 1 aliphatic carbocycles. The number of nitrogens with zero attached hydrogens (tertiary/aromatic N) is 2. The Morgan fingerprint density at radius 2 is 1.84 bits per heavy atom. The fourth-order valence-electron chi connectivity index (χ4n) is 3.63. The Balaban J connectivity index is 1.93. The molecule has 13 heteroatoms. The van der Waals surface area contributed by atoms with E-state index >= 15 is 0 Å². The van der Waals surface area contributed by atoms with Crippen molar-refractivity contribution in [2.45, 2.75) is 42.3 Å². The fourth-order valence-corrected chi connectivity index (χ4v) is 5.20. The molecule has 1 fully saturated rings. The molecule has 1 aromatic heterocycles. The van der Waals surface area contributed by atoms with E-state index in [1.165, 1.54) is 0 Å². The standard InChI is InChI=1S/C19H17F5N4O3S/c1-28-10-14(32(30,31)27-18(19(22,23)24)6-2-3-7-18)15(21)16(28)17(29)26-12-4-5-13(20)11(8-12)9-25/h4-5,8,10,27H,2-3,6-7H2,1H3,(H,26,29). The molecule has 2 aromatic rings. The van der Waals surface area contributed by atoms with Crippen molar-refractivity contribution in [2.75, 3.05) is 5.32 Å². The minimum absolute atomic E-state index is 0.0712. The number of halogens is 5. The third kappa shape index (κ3) is 4.20. The van der Waals surface area contributed by atoms with Crippen LogP contribution in [0.3, 0.4) is 0 Å². The SMILES string of the molecule is Cn1cc(S(=O)(=O)NC2(C(F)(F)F)CCCC2)c(F)c1C(=O)Nc1ccc(F)c(C#N)c1. The predicted octanol–water partition coefficient (Wildman–Crippen LogP) is 3.58. The minimum atomic E-state index is -4.98. The van der Waals surface area contributed by atoms with Crippen LogP contribution in [0.25, 0.3) is 0 Å². The third-order valence-electron chi connectivity index (χ3n) is 5.27. The summed E-state index contributed by atoms with van der Waals surface area (Å²) in [6.45, 7) is 0. The number of alkyl halides is 3. The second-order valence-corrected chi connectivity index (χ2v) is 9.07. The van der Waals surface area contributed by atoms with Crippen LogP contribution in [0.4, 0.5) is 27.6 Å². The number of hydrogen-bond acceptors (Lipinski definition) is 4. The van der Waals surface area contributed by atoms with E-state index < -0.39 is 68.3 Å². The lowest BCUT2D eigenvalue weighted by Crippen LogP contribution is -2.56. The van der Waals surface area contributed by atoms with Gasteiger partial charge in [0.05, 0.1) is 5.56 Å². The average molecular weight is 476 g/mol. The van der Waals surface area contributed by atoms with E-state index in [0.717, 1.165) is 29.8 Å². The summed E-state index contributed by atoms with van der Waals surface area (Å²) >= 11 is 0. The van der Waals surface area contributed by atoms with Crippen LogP contribution in [-0.2, 0) is 17.1 Å². The van der Waals surface area contributed by atoms with Crippen LogP contribution in [0, 0.1) is 23.0 Å². The van der Waals surface area contributed by atoms with Crippen LogP contribution in [0.5, 0.6) is 0 Å². The largest absolute Gasteiger partial charge is 0.407 e. The van der Waals surface area contributed by atoms with E-state index in [2.05, 4.69) is 5.32 Å². The van der Waals surface area contributed by atoms with Gasteiger partial charge in [0.1, 0.15) is 28.0 Å². The van der Waals surface area contributed by atoms with Gasteiger partial charge in [0.15, 0.2) is 5.82 Å². The summed E-state index contributed by atoms with van der Waals surface area (Å²) in [5.74, 6) is -3.54. The van der Waals surface area contributed by atoms with Gasteiger partial charge in [0.25, 0.3) is 5.91 Å². The lowest BCUT2D eigenvalue weighted by Gasteiger charge is -2.32. The molecule has 32 heavy (non-hydrogen) atoms. The average Bonchev–Trinajstić information content (AvgIpc) is 3.28. The quantitative estimate of drug-likeness (QED) is 0.644. The predicted molar refractivity (Wildman–Crippen MR) is 102 cm³/mol. The molecule has 0 saturated heterocycles. The first kappa shape index (κ1) is 23.7. The molecule has 0 aliphatic heterocycles. The Morgan fingerprint density at radius 3 is 2.41 bits per heavy atom. The molecule has 1 amide bonds. The summed E-state index contributed by atoms with van der Waals surface area (Å²) in [4.78, 5) is 11.4. The van der Waals surface area contributed by atoms with E-state index in [4.69, 9.17) is 5.26 Å². The second-order valence-electron chi connectivity index (χ2n) is 7.42. The minimum Gasteiger partial charge on any atom is -0.343 e. The molecule has 0 unspecified atom stereocenters. The topological polar surface area (TPSA) is 104 Å². The summed E-state index contributed by atoms with van der Waals surface area (Å²) in [7, 11) is -3.84. The van der Waals surface area contributed by atoms with Gasteiger partial charge in [-0.3, -0.25) is 4.79 Å². The molecule has 3 rings (SSSR count). The zero-order valence-electron chi connectivity index (χ0n) is 16.6. The zero-order valence-corrected chi connectivity index (χ0v) is 17.4. The highest BCUT2D eigenvalue weighted by Gasteiger charge is 2.58. The smallest absolute Gasteiger partial charge is 0.343 e. The summed E-state index contributed by atoms with van der Waals surface area (Å²) in [6.07, 6.45) is -4.86. The van der Waals surface area contributed by atoms with Crippen molar-refractivity contribution in [3.05, 3.63) is 47.3 Å². The summed E-state index contributed by atoms with van der Waals surface area (Å²) in [5.41, 5.74) is -3.95. The number of carbonyl (C=O) groups excluding carboxylic acids is 1. The molecule has 0 atom stereocenters. The number of nitrogens with one attached hydrogen (secondary N) is 2. The molecular weight excluding hydrogens is 459 g/mol. The maximum atomic E-state index is 15.0. The molecule has 0 radical (unpaired) electrons. The highest BCUT2D eigenvalue weighted by Crippen LogP contribution is 2.44. The number of sulfonamides is 1. The van der Waals surface area contributed by atoms with Gasteiger partial charge in [0.2, 0.25) is 10.0 Å². The Morgan fingerprint density at radius 1 is 1.22 bits per heavy atom. The van der Waals surface area contributed by atoms with E-state index in [1.807, 2.05) is 0 Å². The van der Waals surface area contributed by atoms with E-state index in [9.17, 15) is 35.2 Å². The van der Waals surface area contributed by atoms with Gasteiger partial charge in [-0.2, -0.15) is 23.2 Å². The first-order chi connectivity index (χ1) is 14.8. The van der Waals surface area contributed by atoms with Gasteiger partial charge in [-0.15, -0.1) is 0 Å². The molecule has 2 N–H and O–H groups in total. The molecule has 1 aliphatic rings. The van der Waals surface area contributed by atoms with Gasteiger partial charge in [-0.1, -0.05) is 12.8 Å². The van der Waals surface area contributed by atoms with Gasteiger partial charge < -0.3 is 9.88 Å². The maximum absolute atomic E-state index is 15.0. The molecule has 1 aromatic carbocycles. The van der Waals surface area contributed by atoms with Crippen LogP contribution in [0.15, 0.2) is 29.3 Å². The molecule has 7 nitrogen and oxygen atoms in total. The number of hydrogen-bond donors (Lipinski definition) is 2. The van der Waals surface area contributed by atoms with Crippen molar-refractivity contribution in [1.82, 2.24) is 9.29 Å². The van der Waals surface area contributed by atoms with Crippen molar-refractivity contribution in [1.29, 1.82) is 5.26 Å². The maximum Gasteiger partial charge on any atom is 0.407 e. The van der Waals surface area contributed by atoms with E-state index in [0.29, 0.717) is 6.20 Å². The first-order valence-corrected chi connectivity index (χ1v) is 10.8. The van der Waals surface area contributed by atoms with Crippen LogP contribution in [-0.4, -0.2) is 30.6 Å². The molecule has 172 valence electrons. The van der Waals surface area contributed by atoms with E-state index in [1.54, 1.807) is 10.8 Å². The fraction of sp³-hybridized carbons (Fsp3) is 0.368. The highest BCUT2D eigenvalue weighted by atomic mass is 32.2. The van der Waals surface area contributed by atoms with Crippen molar-refractivity contribution >= 4 is 21.6 Å². The highest BCUT2D eigenvalue weighted by molar-refractivity contribution is 7.89. The Kier molecular flexibility index (Phi) is 6.05. The van der Waals surface area contributed by atoms with E-state index in [-0.39, 0.29) is 18.5 Å². The third-order valence-corrected chi connectivity index (χ3v) is 6.79. The summed E-state index contributed by atoms with van der Waals surface area (Å²) in [6, 6.07) is 4.54. The van der Waals surface area contributed by atoms with Gasteiger partial charge in [0, 0.05) is 18.9 Å². The normalized spacial score (nSPS) is 16.0. The van der Waals surface area contributed by atoms with Gasteiger partial charge >= 0.3 is 6.18 Å². The second kappa shape index (κ2) is 8.18. The van der Waals surface area contributed by atoms with Crippen LogP contribution < -0.4 is 10.0 Å². The Hall–Kier alpha value is -2.98. The summed E-state index contributed by atoms with van der Waals surface area (Å²) in [5, 5.41) is 11.0. The summed E-state index contributed by atoms with van der Waals surface area (Å²) < 4.78 is 96.8. The number of nitriles is 1. The number of amides is 1. The van der Waals surface area contributed by atoms with Gasteiger partial charge in [-0.25, -0.2) is 17.2 Å². The van der Waals surface area contributed by atoms with Crippen molar-refractivity contribution in [2.24, 2.45) is 7.05 Å². The monoisotopic (exact) mass is 476 g/mol. The number of anilines is 1. The van der Waals surface area contributed by atoms with Crippen molar-refractivity contribution in [3.63, 3.8) is 0 Å². The molecular formula is C19H17F5N4O3S. The van der Waals surface area contributed by atoms with Gasteiger partial charge in [-0.05, 0) is 31.0 Å².